The van der Waals surface area contributed by atoms with E-state index < -0.39 is 97.5 Å². The molecule has 92 heavy (non-hydrogen) atoms. The van der Waals surface area contributed by atoms with Crippen molar-refractivity contribution in [3.8, 4) is 0 Å². The predicted molar refractivity (Wildman–Crippen MR) is 372 cm³/mol. The van der Waals surface area contributed by atoms with Crippen molar-refractivity contribution in [1.29, 1.82) is 0 Å². The van der Waals surface area contributed by atoms with Crippen LogP contribution in [0.2, 0.25) is 0 Å². The summed E-state index contributed by atoms with van der Waals surface area (Å²) in [5.74, 6) is -0.616. The third-order valence-electron chi connectivity index (χ3n) is 17.0. The fourth-order valence-corrected chi connectivity index (χ4v) is 12.7. The zero-order valence-electron chi connectivity index (χ0n) is 59.9. The van der Waals surface area contributed by atoms with Crippen molar-refractivity contribution in [3.05, 3.63) is 0 Å². The van der Waals surface area contributed by atoms with Crippen molar-refractivity contribution in [2.45, 2.75) is 394 Å². The summed E-state index contributed by atoms with van der Waals surface area (Å²) < 4.78 is 68.3. The molecular weight excluding hydrogens is 1210 g/mol. The van der Waals surface area contributed by atoms with E-state index in [0.29, 0.717) is 25.7 Å². The van der Waals surface area contributed by atoms with E-state index in [1.165, 1.54) is 180 Å². The Hall–Kier alpha value is -1.94. The second-order valence-corrected chi connectivity index (χ2v) is 30.2. The van der Waals surface area contributed by atoms with Crippen LogP contribution in [0, 0.1) is 11.8 Å². The maximum absolute atomic E-state index is 13.1. The topological polar surface area (TPSA) is 237 Å². The highest BCUT2D eigenvalue weighted by Crippen LogP contribution is 2.45. The minimum absolute atomic E-state index is 0.104. The van der Waals surface area contributed by atoms with Crippen LogP contribution in [0.25, 0.3) is 0 Å². The van der Waals surface area contributed by atoms with Gasteiger partial charge >= 0.3 is 39.5 Å². The molecule has 0 aliphatic carbocycles. The zero-order valence-corrected chi connectivity index (χ0v) is 61.6. The number of carbonyl (C=O) groups is 4. The molecule has 546 valence electrons. The van der Waals surface area contributed by atoms with E-state index in [0.717, 1.165) is 115 Å². The van der Waals surface area contributed by atoms with Crippen molar-refractivity contribution >= 4 is 39.5 Å². The van der Waals surface area contributed by atoms with Gasteiger partial charge in [-0.05, 0) is 37.5 Å². The Kier molecular flexibility index (Phi) is 63.7. The van der Waals surface area contributed by atoms with Gasteiger partial charge in [0.25, 0.3) is 0 Å². The van der Waals surface area contributed by atoms with Gasteiger partial charge in [-0.25, -0.2) is 9.13 Å². The predicted octanol–water partition coefficient (Wildman–Crippen LogP) is 21.2. The van der Waals surface area contributed by atoms with Crippen molar-refractivity contribution in [2.24, 2.45) is 11.8 Å². The first-order valence-corrected chi connectivity index (χ1v) is 41.0. The highest BCUT2D eigenvalue weighted by Gasteiger charge is 2.30. The van der Waals surface area contributed by atoms with Gasteiger partial charge in [-0.2, -0.15) is 0 Å². The molecule has 0 saturated heterocycles. The van der Waals surface area contributed by atoms with Gasteiger partial charge in [-0.3, -0.25) is 37.3 Å². The number of unbranched alkanes of at least 4 members (excludes halogenated alkanes) is 42. The Morgan fingerprint density at radius 1 is 0.293 bits per heavy atom. The highest BCUT2D eigenvalue weighted by atomic mass is 31.2. The zero-order chi connectivity index (χ0) is 67.9. The van der Waals surface area contributed by atoms with Crippen LogP contribution in [-0.4, -0.2) is 96.7 Å². The molecule has 2 unspecified atom stereocenters. The maximum atomic E-state index is 13.1. The number of phosphoric acid groups is 2. The molecule has 0 bridgehead atoms. The molecule has 0 spiro atoms. The Bertz CT molecular complexity index is 1790. The number of hydrogen-bond donors (Lipinski definition) is 3. The highest BCUT2D eigenvalue weighted by molar-refractivity contribution is 7.47. The maximum Gasteiger partial charge on any atom is 0.472 e. The monoisotopic (exact) mass is 1350 g/mol. The average Bonchev–Trinajstić information content (AvgIpc) is 1.42. The summed E-state index contributed by atoms with van der Waals surface area (Å²) in [6, 6.07) is 0. The quantitative estimate of drug-likeness (QED) is 0.0222. The first kappa shape index (κ1) is 90.1. The van der Waals surface area contributed by atoms with Crippen LogP contribution in [0.15, 0.2) is 0 Å². The lowest BCUT2D eigenvalue weighted by Crippen LogP contribution is -2.30. The first-order chi connectivity index (χ1) is 44.4. The number of aliphatic hydroxyl groups is 1. The minimum atomic E-state index is -4.95. The molecule has 0 radical (unpaired) electrons. The van der Waals surface area contributed by atoms with Crippen molar-refractivity contribution in [3.63, 3.8) is 0 Å². The number of phosphoric ester groups is 2. The van der Waals surface area contributed by atoms with Crippen molar-refractivity contribution in [2.75, 3.05) is 39.6 Å². The lowest BCUT2D eigenvalue weighted by Gasteiger charge is -2.21. The molecule has 0 fully saturated rings. The van der Waals surface area contributed by atoms with E-state index in [4.69, 9.17) is 37.0 Å². The van der Waals surface area contributed by atoms with Crippen LogP contribution in [0.4, 0.5) is 0 Å². The van der Waals surface area contributed by atoms with E-state index in [1.807, 2.05) is 0 Å². The number of carbonyl (C=O) groups excluding carboxylic acids is 4. The van der Waals surface area contributed by atoms with E-state index in [1.54, 1.807) is 0 Å². The van der Waals surface area contributed by atoms with Crippen LogP contribution in [0.1, 0.15) is 375 Å². The molecule has 0 aromatic rings. The molecule has 19 heteroatoms. The lowest BCUT2D eigenvalue weighted by molar-refractivity contribution is -0.161. The van der Waals surface area contributed by atoms with Crippen molar-refractivity contribution < 1.29 is 80.2 Å². The van der Waals surface area contributed by atoms with Gasteiger partial charge < -0.3 is 33.8 Å². The molecule has 0 aliphatic rings. The largest absolute Gasteiger partial charge is 0.472 e. The standard InChI is InChI=1S/C73H142O17P2/c1-7-9-11-13-15-16-17-18-19-20-21-22-25-29-32-39-45-51-57-72(77)89-69(62-84-71(76)56-50-44-38-31-28-26-23-24-27-30-36-41-47-53-65(3)4)64-88-92(81,82)86-60-67(74)59-85-91(79,80)87-63-68(61-83-70(75)55-49-43-35-14-12-10-8-2)90-73(78)58-52-46-40-34-33-37-42-48-54-66(5)6/h65-69,74H,7-64H2,1-6H3,(H,79,80)(H,81,82)/t67-,68+,69+/m0/s1. The fourth-order valence-electron chi connectivity index (χ4n) is 11.1. The second kappa shape index (κ2) is 65.0. The Morgan fingerprint density at radius 2 is 0.500 bits per heavy atom. The summed E-state index contributed by atoms with van der Waals surface area (Å²) in [5.41, 5.74) is 0. The van der Waals surface area contributed by atoms with Crippen LogP contribution in [0.3, 0.4) is 0 Å². The second-order valence-electron chi connectivity index (χ2n) is 27.3. The molecule has 5 atom stereocenters. The normalized spacial score (nSPS) is 14.1. The summed E-state index contributed by atoms with van der Waals surface area (Å²) >= 11 is 0. The summed E-state index contributed by atoms with van der Waals surface area (Å²) in [6.45, 7) is 9.51. The Balaban J connectivity index is 5.19. The number of rotatable bonds is 72. The van der Waals surface area contributed by atoms with Crippen LogP contribution >= 0.6 is 15.6 Å². The van der Waals surface area contributed by atoms with Gasteiger partial charge in [0.1, 0.15) is 19.3 Å². The van der Waals surface area contributed by atoms with Crippen LogP contribution in [0.5, 0.6) is 0 Å². The lowest BCUT2D eigenvalue weighted by atomic mass is 10.0. The SMILES string of the molecule is CCCCCCCCCCCCCCCCCCCCC(=O)O[C@H](COC(=O)CCCCCCCCCCCCCCCC(C)C)COP(=O)(O)OC[C@@H](O)COP(=O)(O)OC[C@@H](COC(=O)CCCCCCCCC)OC(=O)CCCCCCCCCCC(C)C. The first-order valence-electron chi connectivity index (χ1n) is 38.0. The molecule has 0 aromatic carbocycles. The summed E-state index contributed by atoms with van der Waals surface area (Å²) in [4.78, 5) is 72.5. The molecule has 0 rings (SSSR count). The number of hydrogen-bond acceptors (Lipinski definition) is 15. The fraction of sp³-hybridized carbons (Fsp3) is 0.945. The van der Waals surface area contributed by atoms with Crippen LogP contribution in [-0.2, 0) is 65.4 Å². The minimum Gasteiger partial charge on any atom is -0.462 e. The number of esters is 4. The summed E-state index contributed by atoms with van der Waals surface area (Å²) in [7, 11) is -9.90. The Morgan fingerprint density at radius 3 is 0.739 bits per heavy atom. The van der Waals surface area contributed by atoms with Gasteiger partial charge in [-0.15, -0.1) is 0 Å². The molecule has 0 amide bonds. The average molecular weight is 1350 g/mol. The van der Waals surface area contributed by atoms with Gasteiger partial charge in [-0.1, -0.05) is 324 Å². The molecule has 0 aromatic heterocycles. The van der Waals surface area contributed by atoms with Crippen LogP contribution < -0.4 is 0 Å². The van der Waals surface area contributed by atoms with E-state index >= 15 is 0 Å². The molecule has 0 saturated carbocycles. The number of aliphatic hydroxyl groups excluding tert-OH is 1. The van der Waals surface area contributed by atoms with Gasteiger partial charge in [0.15, 0.2) is 12.2 Å². The third-order valence-corrected chi connectivity index (χ3v) is 18.9. The molecule has 3 N–H and O–H groups in total. The third kappa shape index (κ3) is 66.7. The molecule has 0 aliphatic heterocycles. The van der Waals surface area contributed by atoms with Crippen molar-refractivity contribution in [1.82, 2.24) is 0 Å². The van der Waals surface area contributed by atoms with Gasteiger partial charge in [0.05, 0.1) is 26.4 Å². The summed E-state index contributed by atoms with van der Waals surface area (Å²) in [6.07, 6.45) is 51.6. The Labute approximate surface area is 562 Å². The van der Waals surface area contributed by atoms with E-state index in [-0.39, 0.29) is 25.7 Å². The van der Waals surface area contributed by atoms with E-state index in [2.05, 4.69) is 41.5 Å². The van der Waals surface area contributed by atoms with Gasteiger partial charge in [0.2, 0.25) is 0 Å². The molecule has 0 heterocycles. The molecule has 17 nitrogen and oxygen atoms in total. The molecular formula is C73H142O17P2. The summed E-state index contributed by atoms with van der Waals surface area (Å²) in [5, 5.41) is 10.6. The van der Waals surface area contributed by atoms with Gasteiger partial charge in [0, 0.05) is 25.7 Å². The van der Waals surface area contributed by atoms with E-state index in [9.17, 15) is 43.2 Å². The number of ether oxygens (including phenoxy) is 4. The smallest absolute Gasteiger partial charge is 0.462 e.